The van der Waals surface area contributed by atoms with Crippen molar-refractivity contribution in [2.45, 2.75) is 52.4 Å². The second-order valence-electron chi connectivity index (χ2n) is 6.71. The molecule has 2 heterocycles. The molecule has 0 N–H and O–H groups in total. The van der Waals surface area contributed by atoms with E-state index in [1.54, 1.807) is 12.4 Å². The average Bonchev–Trinajstić information content (AvgIpc) is 2.77. The SMILES string of the molecule is CC(C)(C)c1cnc(-c2noc(C(C)(C)C)n2)cn1. The highest BCUT2D eigenvalue weighted by Gasteiger charge is 2.23. The molecular formula is C14H20N4O. The maximum absolute atomic E-state index is 5.25. The zero-order valence-electron chi connectivity index (χ0n) is 12.4. The lowest BCUT2D eigenvalue weighted by atomic mass is 9.93. The van der Waals surface area contributed by atoms with Gasteiger partial charge in [0.1, 0.15) is 5.69 Å². The molecule has 0 aliphatic heterocycles. The van der Waals surface area contributed by atoms with Crippen LogP contribution in [0.2, 0.25) is 0 Å². The Morgan fingerprint density at radius 1 is 0.895 bits per heavy atom. The van der Waals surface area contributed by atoms with Crippen molar-refractivity contribution in [1.29, 1.82) is 0 Å². The van der Waals surface area contributed by atoms with Gasteiger partial charge in [-0.1, -0.05) is 46.7 Å². The minimum absolute atomic E-state index is 0.0145. The predicted octanol–water partition coefficient (Wildman–Crippen LogP) is 3.12. The molecule has 0 atom stereocenters. The van der Waals surface area contributed by atoms with Crippen LogP contribution in [-0.4, -0.2) is 20.1 Å². The van der Waals surface area contributed by atoms with Gasteiger partial charge in [-0.15, -0.1) is 0 Å². The summed E-state index contributed by atoms with van der Waals surface area (Å²) in [7, 11) is 0. The molecule has 0 amide bonds. The van der Waals surface area contributed by atoms with Crippen LogP contribution in [0.15, 0.2) is 16.9 Å². The minimum atomic E-state index is -0.163. The Morgan fingerprint density at radius 3 is 2.00 bits per heavy atom. The van der Waals surface area contributed by atoms with Gasteiger partial charge in [0.2, 0.25) is 11.7 Å². The van der Waals surface area contributed by atoms with Crippen LogP contribution in [0.25, 0.3) is 11.5 Å². The summed E-state index contributed by atoms with van der Waals surface area (Å²) in [5.74, 6) is 1.09. The molecule has 2 aromatic rings. The Balaban J connectivity index is 2.31. The van der Waals surface area contributed by atoms with E-state index in [2.05, 4.69) is 40.9 Å². The lowest BCUT2D eigenvalue weighted by molar-refractivity contribution is 0.321. The molecule has 5 heteroatoms. The van der Waals surface area contributed by atoms with Gasteiger partial charge in [-0.2, -0.15) is 4.98 Å². The van der Waals surface area contributed by atoms with Crippen LogP contribution in [0, 0.1) is 0 Å². The monoisotopic (exact) mass is 260 g/mol. The van der Waals surface area contributed by atoms with Crippen LogP contribution >= 0.6 is 0 Å². The summed E-state index contributed by atoms with van der Waals surface area (Å²) in [4.78, 5) is 13.1. The number of hydrogen-bond acceptors (Lipinski definition) is 5. The molecule has 5 nitrogen and oxygen atoms in total. The quantitative estimate of drug-likeness (QED) is 0.788. The van der Waals surface area contributed by atoms with Crippen molar-refractivity contribution >= 4 is 0 Å². The molecular weight excluding hydrogens is 240 g/mol. The second-order valence-corrected chi connectivity index (χ2v) is 6.71. The molecule has 102 valence electrons. The lowest BCUT2D eigenvalue weighted by Gasteiger charge is -2.16. The van der Waals surface area contributed by atoms with Crippen molar-refractivity contribution in [2.75, 3.05) is 0 Å². The summed E-state index contributed by atoms with van der Waals surface area (Å²) < 4.78 is 5.25. The van der Waals surface area contributed by atoms with Crippen molar-refractivity contribution in [3.63, 3.8) is 0 Å². The predicted molar refractivity (Wildman–Crippen MR) is 72.7 cm³/mol. The normalized spacial score (nSPS) is 12.7. The molecule has 0 aromatic carbocycles. The van der Waals surface area contributed by atoms with Crippen LogP contribution in [-0.2, 0) is 10.8 Å². The Bertz CT molecular complexity index is 558. The van der Waals surface area contributed by atoms with Crippen molar-refractivity contribution in [3.05, 3.63) is 24.0 Å². The van der Waals surface area contributed by atoms with Gasteiger partial charge in [0, 0.05) is 17.0 Å². The van der Waals surface area contributed by atoms with Crippen molar-refractivity contribution in [1.82, 2.24) is 20.1 Å². The fraction of sp³-hybridized carbons (Fsp3) is 0.571. The van der Waals surface area contributed by atoms with Gasteiger partial charge < -0.3 is 4.52 Å². The van der Waals surface area contributed by atoms with Crippen LogP contribution in [0.3, 0.4) is 0 Å². The van der Waals surface area contributed by atoms with Gasteiger partial charge in [0.25, 0.3) is 0 Å². The average molecular weight is 260 g/mol. The number of rotatable bonds is 1. The Hall–Kier alpha value is -1.78. The first-order valence-electron chi connectivity index (χ1n) is 6.35. The van der Waals surface area contributed by atoms with E-state index in [0.29, 0.717) is 17.4 Å². The third-order valence-corrected chi connectivity index (χ3v) is 2.72. The zero-order valence-corrected chi connectivity index (χ0v) is 12.4. The summed E-state index contributed by atoms with van der Waals surface area (Å²) in [5, 5.41) is 3.96. The number of hydrogen-bond donors (Lipinski definition) is 0. The van der Waals surface area contributed by atoms with E-state index in [4.69, 9.17) is 4.52 Å². The van der Waals surface area contributed by atoms with Gasteiger partial charge >= 0.3 is 0 Å². The molecule has 0 saturated heterocycles. The highest BCUT2D eigenvalue weighted by atomic mass is 16.5. The summed E-state index contributed by atoms with van der Waals surface area (Å²) in [6.45, 7) is 12.4. The van der Waals surface area contributed by atoms with Crippen LogP contribution in [0.5, 0.6) is 0 Å². The lowest BCUT2D eigenvalue weighted by Crippen LogP contribution is -2.14. The fourth-order valence-electron chi connectivity index (χ4n) is 1.46. The molecule has 0 spiro atoms. The molecule has 2 rings (SSSR count). The third kappa shape index (κ3) is 2.97. The van der Waals surface area contributed by atoms with Crippen LogP contribution in [0.1, 0.15) is 53.1 Å². The smallest absolute Gasteiger partial charge is 0.232 e. The maximum Gasteiger partial charge on any atom is 0.232 e. The molecule has 19 heavy (non-hydrogen) atoms. The van der Waals surface area contributed by atoms with Crippen molar-refractivity contribution in [2.24, 2.45) is 0 Å². The first-order chi connectivity index (χ1) is 8.68. The maximum atomic E-state index is 5.25. The molecule has 0 radical (unpaired) electrons. The van der Waals surface area contributed by atoms with Gasteiger partial charge in [-0.05, 0) is 0 Å². The van der Waals surface area contributed by atoms with E-state index >= 15 is 0 Å². The van der Waals surface area contributed by atoms with Crippen LogP contribution in [0.4, 0.5) is 0 Å². The molecule has 0 aliphatic rings. The van der Waals surface area contributed by atoms with Crippen molar-refractivity contribution < 1.29 is 4.52 Å². The summed E-state index contributed by atoms with van der Waals surface area (Å²) in [6, 6.07) is 0. The van der Waals surface area contributed by atoms with Gasteiger partial charge in [0.15, 0.2) is 0 Å². The standard InChI is InChI=1S/C14H20N4O/c1-13(2,3)10-8-15-9(7-16-10)11-17-12(19-18-11)14(4,5)6/h7-8H,1-6H3. The molecule has 0 fully saturated rings. The summed E-state index contributed by atoms with van der Waals surface area (Å²) >= 11 is 0. The van der Waals surface area contributed by atoms with E-state index < -0.39 is 0 Å². The van der Waals surface area contributed by atoms with Gasteiger partial charge in [-0.3, -0.25) is 4.98 Å². The number of aromatic nitrogens is 4. The Labute approximate surface area is 113 Å². The summed E-state index contributed by atoms with van der Waals surface area (Å²) in [6.07, 6.45) is 3.46. The minimum Gasteiger partial charge on any atom is -0.338 e. The van der Waals surface area contributed by atoms with Gasteiger partial charge in [-0.25, -0.2) is 4.98 Å². The molecule has 0 aliphatic carbocycles. The van der Waals surface area contributed by atoms with Crippen molar-refractivity contribution in [3.8, 4) is 11.5 Å². The summed E-state index contributed by atoms with van der Waals surface area (Å²) in [5.41, 5.74) is 1.40. The number of nitrogens with zero attached hydrogens (tertiary/aromatic N) is 4. The first-order valence-corrected chi connectivity index (χ1v) is 6.35. The highest BCUT2D eigenvalue weighted by Crippen LogP contribution is 2.24. The molecule has 0 bridgehead atoms. The second kappa shape index (κ2) is 4.40. The Morgan fingerprint density at radius 2 is 1.58 bits per heavy atom. The van der Waals surface area contributed by atoms with E-state index in [1.807, 2.05) is 20.8 Å². The molecule has 2 aromatic heterocycles. The fourth-order valence-corrected chi connectivity index (χ4v) is 1.46. The van der Waals surface area contributed by atoms with Crippen LogP contribution < -0.4 is 0 Å². The van der Waals surface area contributed by atoms with E-state index in [-0.39, 0.29) is 10.8 Å². The highest BCUT2D eigenvalue weighted by molar-refractivity contribution is 5.46. The van der Waals surface area contributed by atoms with E-state index in [0.717, 1.165) is 5.69 Å². The molecule has 0 saturated carbocycles. The zero-order chi connectivity index (χ0) is 14.3. The first kappa shape index (κ1) is 13.6. The van der Waals surface area contributed by atoms with E-state index in [9.17, 15) is 0 Å². The third-order valence-electron chi connectivity index (χ3n) is 2.72. The Kier molecular flexibility index (Phi) is 3.16. The largest absolute Gasteiger partial charge is 0.338 e. The molecule has 0 unspecified atom stereocenters. The van der Waals surface area contributed by atoms with E-state index in [1.165, 1.54) is 0 Å². The topological polar surface area (TPSA) is 64.7 Å². The van der Waals surface area contributed by atoms with Gasteiger partial charge in [0.05, 0.1) is 11.9 Å².